The minimum atomic E-state index is -0.560. The van der Waals surface area contributed by atoms with Crippen LogP contribution >= 0.6 is 27.5 Å². The first-order valence-electron chi connectivity index (χ1n) is 5.77. The molecule has 110 valence electrons. The predicted molar refractivity (Wildman–Crippen MR) is 79.0 cm³/mol. The van der Waals surface area contributed by atoms with Crippen LogP contribution in [0.1, 0.15) is 10.6 Å². The molecule has 0 aliphatic carbocycles. The SMILES string of the molecule is O=C(COc1ccc(Br)cc1Cl)NNC(=O)c1ccco1. The lowest BCUT2D eigenvalue weighted by Crippen LogP contribution is -2.43. The van der Waals surface area contributed by atoms with E-state index in [9.17, 15) is 9.59 Å². The fourth-order valence-corrected chi connectivity index (χ4v) is 2.10. The van der Waals surface area contributed by atoms with Gasteiger partial charge in [-0.2, -0.15) is 0 Å². The molecule has 1 aromatic carbocycles. The molecule has 0 saturated heterocycles. The minimum Gasteiger partial charge on any atom is -0.482 e. The number of furan rings is 1. The number of carbonyl (C=O) groups is 2. The van der Waals surface area contributed by atoms with Crippen molar-refractivity contribution in [3.05, 3.63) is 51.9 Å². The molecular weight excluding hydrogens is 364 g/mol. The highest BCUT2D eigenvalue weighted by atomic mass is 79.9. The van der Waals surface area contributed by atoms with Crippen molar-refractivity contribution in [2.24, 2.45) is 0 Å². The van der Waals surface area contributed by atoms with Gasteiger partial charge in [0.05, 0.1) is 11.3 Å². The van der Waals surface area contributed by atoms with Crippen LogP contribution in [0, 0.1) is 0 Å². The highest BCUT2D eigenvalue weighted by Crippen LogP contribution is 2.27. The molecule has 0 saturated carbocycles. The monoisotopic (exact) mass is 372 g/mol. The second kappa shape index (κ2) is 7.14. The van der Waals surface area contributed by atoms with Gasteiger partial charge in [-0.3, -0.25) is 20.4 Å². The maximum absolute atomic E-state index is 11.5. The second-order valence-electron chi connectivity index (χ2n) is 3.84. The van der Waals surface area contributed by atoms with Gasteiger partial charge in [0.25, 0.3) is 5.91 Å². The van der Waals surface area contributed by atoms with Gasteiger partial charge in [0.2, 0.25) is 0 Å². The molecule has 21 heavy (non-hydrogen) atoms. The van der Waals surface area contributed by atoms with E-state index in [1.165, 1.54) is 12.3 Å². The molecule has 0 spiro atoms. The van der Waals surface area contributed by atoms with Gasteiger partial charge in [-0.05, 0) is 30.3 Å². The van der Waals surface area contributed by atoms with Gasteiger partial charge >= 0.3 is 5.91 Å². The molecule has 0 atom stereocenters. The summed E-state index contributed by atoms with van der Waals surface area (Å²) in [5.74, 6) is -0.636. The van der Waals surface area contributed by atoms with E-state index in [-0.39, 0.29) is 12.4 Å². The van der Waals surface area contributed by atoms with Gasteiger partial charge in [0.15, 0.2) is 12.4 Å². The normalized spacial score (nSPS) is 10.0. The lowest BCUT2D eigenvalue weighted by Gasteiger charge is -2.09. The third-order valence-electron chi connectivity index (χ3n) is 2.31. The first kappa shape index (κ1) is 15.4. The van der Waals surface area contributed by atoms with E-state index >= 15 is 0 Å². The summed E-state index contributed by atoms with van der Waals surface area (Å²) in [6.45, 7) is -0.292. The van der Waals surface area contributed by atoms with Crippen LogP contribution in [0.2, 0.25) is 5.02 Å². The lowest BCUT2D eigenvalue weighted by molar-refractivity contribution is -0.123. The van der Waals surface area contributed by atoms with Gasteiger partial charge in [-0.15, -0.1) is 0 Å². The van der Waals surface area contributed by atoms with Crippen molar-refractivity contribution in [2.45, 2.75) is 0 Å². The number of nitrogens with one attached hydrogen (secondary N) is 2. The summed E-state index contributed by atoms with van der Waals surface area (Å²) in [7, 11) is 0. The quantitative estimate of drug-likeness (QED) is 0.807. The van der Waals surface area contributed by atoms with E-state index in [1.807, 2.05) is 0 Å². The van der Waals surface area contributed by atoms with Crippen LogP contribution in [0.4, 0.5) is 0 Å². The highest BCUT2D eigenvalue weighted by Gasteiger charge is 2.10. The number of benzene rings is 1. The number of hydrogen-bond donors (Lipinski definition) is 2. The molecular formula is C13H10BrClN2O4. The summed E-state index contributed by atoms with van der Waals surface area (Å²) in [5, 5.41) is 0.372. The van der Waals surface area contributed by atoms with Crippen molar-refractivity contribution in [1.29, 1.82) is 0 Å². The number of amides is 2. The zero-order chi connectivity index (χ0) is 15.2. The van der Waals surface area contributed by atoms with E-state index < -0.39 is 11.8 Å². The molecule has 6 nitrogen and oxygen atoms in total. The van der Waals surface area contributed by atoms with Crippen molar-refractivity contribution in [3.8, 4) is 5.75 Å². The Morgan fingerprint density at radius 2 is 2.10 bits per heavy atom. The van der Waals surface area contributed by atoms with E-state index in [0.29, 0.717) is 10.8 Å². The number of halogens is 2. The summed E-state index contributed by atoms with van der Waals surface area (Å²) >= 11 is 9.20. The Kier molecular flexibility index (Phi) is 5.24. The van der Waals surface area contributed by atoms with Crippen LogP contribution in [0.15, 0.2) is 45.5 Å². The molecule has 1 aromatic heterocycles. The zero-order valence-corrected chi connectivity index (χ0v) is 12.9. The van der Waals surface area contributed by atoms with E-state index in [4.69, 9.17) is 20.8 Å². The van der Waals surface area contributed by atoms with E-state index in [2.05, 4.69) is 26.8 Å². The summed E-state index contributed by atoms with van der Waals surface area (Å²) in [6.07, 6.45) is 1.36. The molecule has 1 heterocycles. The fraction of sp³-hybridized carbons (Fsp3) is 0.0769. The first-order chi connectivity index (χ1) is 10.1. The Morgan fingerprint density at radius 1 is 1.29 bits per heavy atom. The highest BCUT2D eigenvalue weighted by molar-refractivity contribution is 9.10. The van der Waals surface area contributed by atoms with Crippen LogP contribution in [-0.2, 0) is 4.79 Å². The molecule has 0 fully saturated rings. The molecule has 0 radical (unpaired) electrons. The summed E-state index contributed by atoms with van der Waals surface area (Å²) in [5.41, 5.74) is 4.39. The number of rotatable bonds is 4. The molecule has 0 unspecified atom stereocenters. The van der Waals surface area contributed by atoms with E-state index in [1.54, 1.807) is 24.3 Å². The molecule has 0 bridgehead atoms. The molecule has 8 heteroatoms. The van der Waals surface area contributed by atoms with Gasteiger partial charge < -0.3 is 9.15 Å². The third kappa shape index (κ3) is 4.51. The van der Waals surface area contributed by atoms with Crippen LogP contribution in [0.25, 0.3) is 0 Å². The van der Waals surface area contributed by atoms with E-state index in [0.717, 1.165) is 4.47 Å². The Bertz CT molecular complexity index is 646. The van der Waals surface area contributed by atoms with Crippen LogP contribution in [0.3, 0.4) is 0 Å². The maximum Gasteiger partial charge on any atom is 0.305 e. The zero-order valence-electron chi connectivity index (χ0n) is 10.6. The summed E-state index contributed by atoms with van der Waals surface area (Å²) < 4.78 is 10.9. The first-order valence-corrected chi connectivity index (χ1v) is 6.94. The largest absolute Gasteiger partial charge is 0.482 e. The van der Waals surface area contributed by atoms with Crippen LogP contribution < -0.4 is 15.6 Å². The number of hydrogen-bond acceptors (Lipinski definition) is 4. The fourth-order valence-electron chi connectivity index (χ4n) is 1.37. The van der Waals surface area contributed by atoms with Crippen molar-refractivity contribution < 1.29 is 18.7 Å². The molecule has 0 aliphatic heterocycles. The number of hydrazine groups is 1. The number of carbonyl (C=O) groups excluding carboxylic acids is 2. The molecule has 2 rings (SSSR count). The van der Waals surface area contributed by atoms with Gasteiger partial charge in [0, 0.05) is 4.47 Å². The topological polar surface area (TPSA) is 80.6 Å². The maximum atomic E-state index is 11.5. The minimum absolute atomic E-state index is 0.0900. The van der Waals surface area contributed by atoms with Crippen molar-refractivity contribution in [1.82, 2.24) is 10.9 Å². The Morgan fingerprint density at radius 3 is 2.76 bits per heavy atom. The Balaban J connectivity index is 1.78. The van der Waals surface area contributed by atoms with Crippen LogP contribution in [-0.4, -0.2) is 18.4 Å². The Labute approximate surface area is 133 Å². The molecule has 2 amide bonds. The predicted octanol–water partition coefficient (Wildman–Crippen LogP) is 2.54. The third-order valence-corrected chi connectivity index (χ3v) is 3.10. The molecule has 2 aromatic rings. The average Bonchev–Trinajstić information content (AvgIpc) is 2.98. The van der Waals surface area contributed by atoms with Crippen LogP contribution in [0.5, 0.6) is 5.75 Å². The lowest BCUT2D eigenvalue weighted by atomic mass is 10.3. The number of ether oxygens (including phenoxy) is 1. The second-order valence-corrected chi connectivity index (χ2v) is 5.17. The Hall–Kier alpha value is -1.99. The molecule has 2 N–H and O–H groups in total. The van der Waals surface area contributed by atoms with Gasteiger partial charge in [-0.25, -0.2) is 0 Å². The van der Waals surface area contributed by atoms with Crippen molar-refractivity contribution >= 4 is 39.3 Å². The summed E-state index contributed by atoms with van der Waals surface area (Å²) in [6, 6.07) is 8.04. The average molecular weight is 374 g/mol. The van der Waals surface area contributed by atoms with Gasteiger partial charge in [0.1, 0.15) is 5.75 Å². The van der Waals surface area contributed by atoms with Gasteiger partial charge in [-0.1, -0.05) is 27.5 Å². The molecule has 0 aliphatic rings. The standard InChI is InChI=1S/C13H10BrClN2O4/c14-8-3-4-10(9(15)6-8)21-7-12(18)16-17-13(19)11-2-1-5-20-11/h1-6H,7H2,(H,16,18)(H,17,19). The van der Waals surface area contributed by atoms with Crippen molar-refractivity contribution in [2.75, 3.05) is 6.61 Å². The summed E-state index contributed by atoms with van der Waals surface area (Å²) in [4.78, 5) is 23.0. The smallest absolute Gasteiger partial charge is 0.305 e. The van der Waals surface area contributed by atoms with Crippen molar-refractivity contribution in [3.63, 3.8) is 0 Å².